The van der Waals surface area contributed by atoms with Crippen molar-refractivity contribution in [1.82, 2.24) is 25.1 Å². The molecule has 2 aliphatic rings. The molecule has 41 heavy (non-hydrogen) atoms. The average Bonchev–Trinajstić information content (AvgIpc) is 3.73. The van der Waals surface area contributed by atoms with Crippen molar-refractivity contribution in [3.63, 3.8) is 0 Å². The number of hydrogen-bond acceptors (Lipinski definition) is 8. The van der Waals surface area contributed by atoms with E-state index in [1.807, 2.05) is 35.7 Å². The molecule has 3 aromatic rings. The Morgan fingerprint density at radius 1 is 1.17 bits per heavy atom. The molecule has 2 aliphatic heterocycles. The molecule has 4 heterocycles. The van der Waals surface area contributed by atoms with Crippen LogP contribution in [0.15, 0.2) is 41.8 Å². The van der Waals surface area contributed by atoms with E-state index in [1.54, 1.807) is 12.0 Å². The lowest BCUT2D eigenvalue weighted by atomic mass is 9.97. The number of carbonyl (C=O) groups excluding carboxylic acids is 1. The Kier molecular flexibility index (Phi) is 9.20. The number of piperidine rings is 1. The van der Waals surface area contributed by atoms with E-state index in [1.165, 1.54) is 11.3 Å². The molecule has 0 saturated carbocycles. The first-order valence-corrected chi connectivity index (χ1v) is 13.9. The Labute approximate surface area is 237 Å². The number of halogens is 4. The van der Waals surface area contributed by atoms with Crippen LogP contribution in [-0.2, 0) is 20.9 Å². The molecule has 0 radical (unpaired) electrons. The second kappa shape index (κ2) is 13.0. The summed E-state index contributed by atoms with van der Waals surface area (Å²) in [5.41, 5.74) is 3.94. The van der Waals surface area contributed by atoms with E-state index < -0.39 is 36.7 Å². The fraction of sp³-hybridized carbons (Fsp3) is 0.444. The van der Waals surface area contributed by atoms with Crippen LogP contribution in [0.5, 0.6) is 5.75 Å². The zero-order chi connectivity index (χ0) is 28.9. The van der Waals surface area contributed by atoms with Crippen molar-refractivity contribution in [2.24, 2.45) is 0 Å². The Balaban J connectivity index is 1.16. The van der Waals surface area contributed by atoms with Crippen LogP contribution in [0, 0.1) is 0 Å². The summed E-state index contributed by atoms with van der Waals surface area (Å²) in [4.78, 5) is 24.9. The minimum atomic E-state index is -3.01. The largest absolute Gasteiger partial charge is 0.491 e. The summed E-state index contributed by atoms with van der Waals surface area (Å²) in [6.45, 7) is 1.24. The predicted octanol–water partition coefficient (Wildman–Crippen LogP) is 5.26. The summed E-state index contributed by atoms with van der Waals surface area (Å²) in [5.74, 6) is 0.415. The second-order valence-corrected chi connectivity index (χ2v) is 10.5. The third kappa shape index (κ3) is 6.88. The molecule has 220 valence electrons. The van der Waals surface area contributed by atoms with Crippen LogP contribution in [0.1, 0.15) is 65.4 Å². The van der Waals surface area contributed by atoms with Crippen molar-refractivity contribution < 1.29 is 36.7 Å². The van der Waals surface area contributed by atoms with E-state index in [-0.39, 0.29) is 12.0 Å². The lowest BCUT2D eigenvalue weighted by Gasteiger charge is -2.31. The number of hydrogen-bond donors (Lipinski definition) is 1. The van der Waals surface area contributed by atoms with Crippen molar-refractivity contribution >= 4 is 22.9 Å². The van der Waals surface area contributed by atoms with Crippen molar-refractivity contribution in [3.05, 3.63) is 69.4 Å². The van der Waals surface area contributed by atoms with Gasteiger partial charge in [0.25, 0.3) is 12.9 Å². The Morgan fingerprint density at radius 2 is 1.98 bits per heavy atom. The first-order chi connectivity index (χ1) is 19.8. The highest BCUT2D eigenvalue weighted by molar-refractivity contribution is 7.09. The molecule has 1 N–H and O–H groups in total. The standard InChI is InChI=1S/C27H29F4N5O4S/c1-38-9-10-39-18-4-2-3-17(11-18)23-13-19(34-40-23)21-15-41-27(32-21)16-5-7-35(8-6-16)24(37)14-36-22(26(30)31)12-20(33-36)25(28)29/h2-4,11-13,15-16,23,25-26,34H,5-10,14H2,1H3. The summed E-state index contributed by atoms with van der Waals surface area (Å²) in [6.07, 6.45) is -3.08. The van der Waals surface area contributed by atoms with Crippen LogP contribution in [-0.4, -0.2) is 59.0 Å². The van der Waals surface area contributed by atoms with Gasteiger partial charge in [-0.25, -0.2) is 22.5 Å². The molecule has 0 aliphatic carbocycles. The Morgan fingerprint density at radius 3 is 2.71 bits per heavy atom. The molecule has 1 amide bonds. The molecule has 1 unspecified atom stereocenters. The van der Waals surface area contributed by atoms with Gasteiger partial charge in [0.05, 0.1) is 23.0 Å². The van der Waals surface area contributed by atoms with Gasteiger partial charge in [0.1, 0.15) is 36.4 Å². The van der Waals surface area contributed by atoms with Gasteiger partial charge < -0.3 is 14.4 Å². The van der Waals surface area contributed by atoms with Crippen LogP contribution < -0.4 is 10.2 Å². The number of methoxy groups -OCH3 is 1. The number of aromatic nitrogens is 3. The fourth-order valence-corrected chi connectivity index (χ4v) is 5.73. The van der Waals surface area contributed by atoms with E-state index >= 15 is 0 Å². The minimum absolute atomic E-state index is 0.129. The molecule has 1 fully saturated rings. The van der Waals surface area contributed by atoms with Gasteiger partial charge in [0.15, 0.2) is 0 Å². The monoisotopic (exact) mass is 595 g/mol. The van der Waals surface area contributed by atoms with Crippen molar-refractivity contribution in [2.75, 3.05) is 33.4 Å². The van der Waals surface area contributed by atoms with E-state index in [4.69, 9.17) is 19.3 Å². The van der Waals surface area contributed by atoms with Gasteiger partial charge in [-0.1, -0.05) is 12.1 Å². The van der Waals surface area contributed by atoms with Crippen molar-refractivity contribution in [2.45, 2.75) is 44.3 Å². The number of hydroxylamine groups is 1. The molecule has 2 aromatic heterocycles. The fourth-order valence-electron chi connectivity index (χ4n) is 4.74. The lowest BCUT2D eigenvalue weighted by Crippen LogP contribution is -2.40. The van der Waals surface area contributed by atoms with Gasteiger partial charge in [0, 0.05) is 31.5 Å². The van der Waals surface area contributed by atoms with Crippen molar-refractivity contribution in [1.29, 1.82) is 0 Å². The predicted molar refractivity (Wildman–Crippen MR) is 142 cm³/mol. The first kappa shape index (κ1) is 29.0. The van der Waals surface area contributed by atoms with Crippen LogP contribution in [0.25, 0.3) is 5.70 Å². The summed E-state index contributed by atoms with van der Waals surface area (Å²) >= 11 is 1.53. The maximum atomic E-state index is 13.3. The summed E-state index contributed by atoms with van der Waals surface area (Å²) in [6, 6.07) is 8.29. The van der Waals surface area contributed by atoms with Gasteiger partial charge in [0.2, 0.25) is 5.91 Å². The van der Waals surface area contributed by atoms with Gasteiger partial charge in [-0.15, -0.1) is 11.3 Å². The van der Waals surface area contributed by atoms with Gasteiger partial charge in [-0.2, -0.15) is 5.10 Å². The summed E-state index contributed by atoms with van der Waals surface area (Å²) < 4.78 is 63.8. The molecule has 14 heteroatoms. The third-order valence-corrected chi connectivity index (χ3v) is 7.92. The van der Waals surface area contributed by atoms with Gasteiger partial charge >= 0.3 is 0 Å². The highest BCUT2D eigenvalue weighted by Crippen LogP contribution is 2.35. The third-order valence-electron chi connectivity index (χ3n) is 6.91. The Hall–Kier alpha value is -3.49. The number of rotatable bonds is 11. The van der Waals surface area contributed by atoms with Crippen LogP contribution in [0.4, 0.5) is 17.6 Å². The Bertz CT molecular complexity index is 1370. The maximum Gasteiger partial charge on any atom is 0.282 e. The highest BCUT2D eigenvalue weighted by atomic mass is 32.1. The van der Waals surface area contributed by atoms with E-state index in [0.29, 0.717) is 49.9 Å². The number of carbonyl (C=O) groups is 1. The summed E-state index contributed by atoms with van der Waals surface area (Å²) in [7, 11) is 1.62. The molecule has 9 nitrogen and oxygen atoms in total. The zero-order valence-corrected chi connectivity index (χ0v) is 23.0. The smallest absolute Gasteiger partial charge is 0.282 e. The maximum absolute atomic E-state index is 13.3. The van der Waals surface area contributed by atoms with E-state index in [9.17, 15) is 22.4 Å². The molecule has 0 bridgehead atoms. The van der Waals surface area contributed by atoms with Crippen LogP contribution in [0.3, 0.4) is 0 Å². The second-order valence-electron chi connectivity index (χ2n) is 9.61. The molecule has 0 spiro atoms. The lowest BCUT2D eigenvalue weighted by molar-refractivity contribution is -0.133. The molecular weight excluding hydrogens is 566 g/mol. The first-order valence-electron chi connectivity index (χ1n) is 13.0. The SMILES string of the molecule is COCCOc1cccc(C2C=C(c3csc(C4CCN(C(=O)Cn5nc(C(F)F)cc5C(F)F)CC4)n3)NO2)c1. The quantitative estimate of drug-likeness (QED) is 0.239. The number of amides is 1. The normalized spacial score (nSPS) is 17.8. The zero-order valence-electron chi connectivity index (χ0n) is 22.1. The van der Waals surface area contributed by atoms with E-state index in [2.05, 4.69) is 10.6 Å². The molecule has 1 aromatic carbocycles. The minimum Gasteiger partial charge on any atom is -0.491 e. The van der Waals surface area contributed by atoms with Gasteiger partial charge in [-0.3, -0.25) is 19.8 Å². The number of nitrogens with one attached hydrogen (secondary N) is 1. The average molecular weight is 596 g/mol. The van der Waals surface area contributed by atoms with Crippen LogP contribution >= 0.6 is 11.3 Å². The van der Waals surface area contributed by atoms with E-state index in [0.717, 1.165) is 27.7 Å². The molecular formula is C27H29F4N5O4S. The topological polar surface area (TPSA) is 90.7 Å². The number of likely N-dealkylation sites (tertiary alicyclic amines) is 1. The van der Waals surface area contributed by atoms with Crippen molar-refractivity contribution in [3.8, 4) is 5.75 Å². The van der Waals surface area contributed by atoms with Gasteiger partial charge in [-0.05, 0) is 42.7 Å². The number of ether oxygens (including phenoxy) is 2. The molecule has 1 saturated heterocycles. The number of alkyl halides is 4. The highest BCUT2D eigenvalue weighted by Gasteiger charge is 2.29. The summed E-state index contributed by atoms with van der Waals surface area (Å²) in [5, 5.41) is 6.39. The number of thiazole rings is 1. The molecule has 1 atom stereocenters. The van der Waals surface area contributed by atoms with Crippen LogP contribution in [0.2, 0.25) is 0 Å². The number of benzene rings is 1. The molecule has 5 rings (SSSR count). The number of nitrogens with zero attached hydrogens (tertiary/aromatic N) is 4.